The SMILES string of the molecule is CC(C)N1CCO[C@@H](c2ccc(N3CCCC3)cc2)C1. The number of hydrogen-bond donors (Lipinski definition) is 0. The summed E-state index contributed by atoms with van der Waals surface area (Å²) in [5.74, 6) is 0. The molecule has 0 aliphatic carbocycles. The summed E-state index contributed by atoms with van der Waals surface area (Å²) in [6.07, 6.45) is 2.90. The lowest BCUT2D eigenvalue weighted by Gasteiger charge is -2.35. The van der Waals surface area contributed by atoms with Crippen molar-refractivity contribution in [3.05, 3.63) is 29.8 Å². The van der Waals surface area contributed by atoms with Gasteiger partial charge in [0.25, 0.3) is 0 Å². The smallest absolute Gasteiger partial charge is 0.0952 e. The van der Waals surface area contributed by atoms with E-state index in [0.29, 0.717) is 6.04 Å². The number of benzene rings is 1. The largest absolute Gasteiger partial charge is 0.372 e. The van der Waals surface area contributed by atoms with Crippen molar-refractivity contribution < 1.29 is 4.74 Å². The Balaban J connectivity index is 1.67. The maximum Gasteiger partial charge on any atom is 0.0952 e. The molecule has 0 radical (unpaired) electrons. The van der Waals surface area contributed by atoms with Gasteiger partial charge in [0.15, 0.2) is 0 Å². The molecular formula is C17H26N2O. The Morgan fingerprint density at radius 1 is 1.05 bits per heavy atom. The molecule has 0 saturated carbocycles. The lowest BCUT2D eigenvalue weighted by atomic mass is 10.1. The van der Waals surface area contributed by atoms with Gasteiger partial charge in [-0.15, -0.1) is 0 Å². The highest BCUT2D eigenvalue weighted by Gasteiger charge is 2.23. The molecule has 110 valence electrons. The first-order valence-corrected chi connectivity index (χ1v) is 7.94. The van der Waals surface area contributed by atoms with Gasteiger partial charge in [0, 0.05) is 37.9 Å². The molecule has 2 fully saturated rings. The summed E-state index contributed by atoms with van der Waals surface area (Å²) < 4.78 is 5.95. The van der Waals surface area contributed by atoms with Crippen LogP contribution in [0.25, 0.3) is 0 Å². The van der Waals surface area contributed by atoms with Gasteiger partial charge < -0.3 is 9.64 Å². The summed E-state index contributed by atoms with van der Waals surface area (Å²) in [7, 11) is 0. The van der Waals surface area contributed by atoms with Crippen molar-refractivity contribution in [3.63, 3.8) is 0 Å². The number of hydrogen-bond acceptors (Lipinski definition) is 3. The predicted octanol–water partition coefficient (Wildman–Crippen LogP) is 3.07. The van der Waals surface area contributed by atoms with Crippen molar-refractivity contribution in [2.75, 3.05) is 37.7 Å². The van der Waals surface area contributed by atoms with Crippen molar-refractivity contribution in [2.45, 2.75) is 38.8 Å². The number of morpholine rings is 1. The van der Waals surface area contributed by atoms with E-state index in [1.807, 2.05) is 0 Å². The average molecular weight is 274 g/mol. The van der Waals surface area contributed by atoms with Crippen LogP contribution in [-0.2, 0) is 4.74 Å². The van der Waals surface area contributed by atoms with Gasteiger partial charge in [-0.05, 0) is 44.4 Å². The second-order valence-corrected chi connectivity index (χ2v) is 6.23. The molecule has 2 heterocycles. The average Bonchev–Trinajstić information content (AvgIpc) is 3.02. The number of anilines is 1. The van der Waals surface area contributed by atoms with Gasteiger partial charge in [0.1, 0.15) is 0 Å². The first-order chi connectivity index (χ1) is 9.74. The molecular weight excluding hydrogens is 248 g/mol. The molecule has 3 rings (SSSR count). The summed E-state index contributed by atoms with van der Waals surface area (Å²) in [6.45, 7) is 9.86. The fourth-order valence-electron chi connectivity index (χ4n) is 3.21. The molecule has 3 heteroatoms. The van der Waals surface area contributed by atoms with Crippen LogP contribution < -0.4 is 4.90 Å². The van der Waals surface area contributed by atoms with E-state index in [-0.39, 0.29) is 6.10 Å². The minimum absolute atomic E-state index is 0.235. The third kappa shape index (κ3) is 2.99. The minimum Gasteiger partial charge on any atom is -0.372 e. The molecule has 0 spiro atoms. The second-order valence-electron chi connectivity index (χ2n) is 6.23. The quantitative estimate of drug-likeness (QED) is 0.842. The third-order valence-corrected chi connectivity index (χ3v) is 4.56. The lowest BCUT2D eigenvalue weighted by molar-refractivity contribution is -0.0401. The van der Waals surface area contributed by atoms with E-state index in [1.54, 1.807) is 0 Å². The third-order valence-electron chi connectivity index (χ3n) is 4.56. The fourth-order valence-corrected chi connectivity index (χ4v) is 3.21. The van der Waals surface area contributed by atoms with Crippen LogP contribution >= 0.6 is 0 Å². The van der Waals surface area contributed by atoms with E-state index < -0.39 is 0 Å². The van der Waals surface area contributed by atoms with Crippen LogP contribution in [0.5, 0.6) is 0 Å². The Labute approximate surface area is 122 Å². The maximum absolute atomic E-state index is 5.95. The van der Waals surface area contributed by atoms with Crippen molar-refractivity contribution in [3.8, 4) is 0 Å². The molecule has 1 atom stereocenters. The molecule has 1 aromatic carbocycles. The summed E-state index contributed by atoms with van der Waals surface area (Å²) in [5, 5.41) is 0. The van der Waals surface area contributed by atoms with Crippen molar-refractivity contribution in [1.29, 1.82) is 0 Å². The molecule has 2 saturated heterocycles. The molecule has 0 N–H and O–H groups in total. The Morgan fingerprint density at radius 3 is 2.40 bits per heavy atom. The normalized spacial score (nSPS) is 24.6. The standard InChI is InChI=1S/C17H26N2O/c1-14(2)19-11-12-20-17(13-19)15-5-7-16(8-6-15)18-9-3-4-10-18/h5-8,14,17H,3-4,9-13H2,1-2H3/t17-/m1/s1. The highest BCUT2D eigenvalue weighted by Crippen LogP contribution is 2.26. The fraction of sp³-hybridized carbons (Fsp3) is 0.647. The Kier molecular flexibility index (Phi) is 4.27. The summed E-state index contributed by atoms with van der Waals surface area (Å²) in [6, 6.07) is 9.63. The van der Waals surface area contributed by atoms with Gasteiger partial charge in [-0.2, -0.15) is 0 Å². The zero-order valence-corrected chi connectivity index (χ0v) is 12.7. The predicted molar refractivity (Wildman–Crippen MR) is 83.3 cm³/mol. The van der Waals surface area contributed by atoms with Crippen LogP contribution in [0.4, 0.5) is 5.69 Å². The Morgan fingerprint density at radius 2 is 1.75 bits per heavy atom. The van der Waals surface area contributed by atoms with E-state index in [1.165, 1.54) is 37.2 Å². The van der Waals surface area contributed by atoms with Gasteiger partial charge in [0.2, 0.25) is 0 Å². The molecule has 0 aromatic heterocycles. The van der Waals surface area contributed by atoms with Gasteiger partial charge in [-0.3, -0.25) is 4.90 Å². The van der Waals surface area contributed by atoms with E-state index in [9.17, 15) is 0 Å². The van der Waals surface area contributed by atoms with Gasteiger partial charge in [-0.25, -0.2) is 0 Å². The van der Waals surface area contributed by atoms with Gasteiger partial charge in [0.05, 0.1) is 12.7 Å². The first-order valence-electron chi connectivity index (χ1n) is 7.94. The summed E-state index contributed by atoms with van der Waals surface area (Å²) in [5.41, 5.74) is 2.68. The van der Waals surface area contributed by atoms with E-state index in [0.717, 1.165) is 19.7 Å². The first kappa shape index (κ1) is 13.9. The van der Waals surface area contributed by atoms with Crippen LogP contribution in [-0.4, -0.2) is 43.7 Å². The van der Waals surface area contributed by atoms with Crippen LogP contribution in [0, 0.1) is 0 Å². The number of nitrogens with zero attached hydrogens (tertiary/aromatic N) is 2. The van der Waals surface area contributed by atoms with E-state index in [4.69, 9.17) is 4.74 Å². The number of rotatable bonds is 3. The molecule has 3 nitrogen and oxygen atoms in total. The van der Waals surface area contributed by atoms with Crippen molar-refractivity contribution >= 4 is 5.69 Å². The summed E-state index contributed by atoms with van der Waals surface area (Å²) >= 11 is 0. The van der Waals surface area contributed by atoms with Crippen molar-refractivity contribution in [1.82, 2.24) is 4.90 Å². The van der Waals surface area contributed by atoms with Crippen LogP contribution in [0.1, 0.15) is 38.4 Å². The van der Waals surface area contributed by atoms with E-state index in [2.05, 4.69) is 47.9 Å². The molecule has 20 heavy (non-hydrogen) atoms. The molecule has 1 aromatic rings. The Bertz CT molecular complexity index is 423. The second kappa shape index (κ2) is 6.15. The molecule has 0 amide bonds. The molecule has 2 aliphatic heterocycles. The van der Waals surface area contributed by atoms with Crippen LogP contribution in [0.3, 0.4) is 0 Å². The van der Waals surface area contributed by atoms with Gasteiger partial charge >= 0.3 is 0 Å². The molecule has 2 aliphatic rings. The minimum atomic E-state index is 0.235. The highest BCUT2D eigenvalue weighted by molar-refractivity contribution is 5.48. The summed E-state index contributed by atoms with van der Waals surface area (Å²) in [4.78, 5) is 4.98. The zero-order valence-electron chi connectivity index (χ0n) is 12.7. The number of ether oxygens (including phenoxy) is 1. The highest BCUT2D eigenvalue weighted by atomic mass is 16.5. The Hall–Kier alpha value is -1.06. The molecule has 0 unspecified atom stereocenters. The van der Waals surface area contributed by atoms with Crippen LogP contribution in [0.2, 0.25) is 0 Å². The van der Waals surface area contributed by atoms with Crippen LogP contribution in [0.15, 0.2) is 24.3 Å². The van der Waals surface area contributed by atoms with Crippen molar-refractivity contribution in [2.24, 2.45) is 0 Å². The van der Waals surface area contributed by atoms with Gasteiger partial charge in [-0.1, -0.05) is 12.1 Å². The maximum atomic E-state index is 5.95. The molecule has 0 bridgehead atoms. The topological polar surface area (TPSA) is 15.7 Å². The monoisotopic (exact) mass is 274 g/mol. The lowest BCUT2D eigenvalue weighted by Crippen LogP contribution is -2.42. The zero-order chi connectivity index (χ0) is 13.9. The van der Waals surface area contributed by atoms with E-state index >= 15 is 0 Å².